The van der Waals surface area contributed by atoms with Crippen LogP contribution in [0.2, 0.25) is 0 Å². The highest BCUT2D eigenvalue weighted by atomic mass is 32.1. The molecular formula is C13H14N6OS. The number of hydrogen-bond donors (Lipinski definition) is 1. The van der Waals surface area contributed by atoms with Gasteiger partial charge in [-0.1, -0.05) is 4.49 Å². The molecule has 1 aliphatic heterocycles. The molecule has 0 aliphatic carbocycles. The van der Waals surface area contributed by atoms with Crippen molar-refractivity contribution in [3.05, 3.63) is 18.5 Å². The highest BCUT2D eigenvalue weighted by Crippen LogP contribution is 2.31. The van der Waals surface area contributed by atoms with E-state index < -0.39 is 0 Å². The fourth-order valence-corrected chi connectivity index (χ4v) is 3.05. The number of fused-ring (bicyclic) bond motifs is 1. The van der Waals surface area contributed by atoms with Crippen LogP contribution in [-0.2, 0) is 4.74 Å². The average Bonchev–Trinajstić information content (AvgIpc) is 3.18. The van der Waals surface area contributed by atoms with Crippen molar-refractivity contribution in [3.8, 4) is 10.6 Å². The summed E-state index contributed by atoms with van der Waals surface area (Å²) in [4.78, 5) is 5.57. The van der Waals surface area contributed by atoms with Gasteiger partial charge in [-0.05, 0) is 36.9 Å². The topological polar surface area (TPSA) is 91.7 Å². The van der Waals surface area contributed by atoms with E-state index in [-0.39, 0.29) is 6.23 Å². The van der Waals surface area contributed by atoms with Crippen LogP contribution in [0.25, 0.3) is 21.6 Å². The summed E-state index contributed by atoms with van der Waals surface area (Å²) in [5.74, 6) is 0. The maximum Gasteiger partial charge on any atom is 0.163 e. The Bertz CT molecular complexity index is 762. The van der Waals surface area contributed by atoms with Crippen LogP contribution in [0.15, 0.2) is 18.5 Å². The Hall–Kier alpha value is -2.06. The van der Waals surface area contributed by atoms with E-state index in [0.29, 0.717) is 5.69 Å². The number of anilines is 1. The maximum absolute atomic E-state index is 6.14. The summed E-state index contributed by atoms with van der Waals surface area (Å²) in [5, 5.41) is 9.12. The number of pyridine rings is 1. The van der Waals surface area contributed by atoms with Crippen LogP contribution in [0, 0.1) is 0 Å². The fraction of sp³-hybridized carbons (Fsp3) is 0.385. The zero-order valence-corrected chi connectivity index (χ0v) is 12.1. The van der Waals surface area contributed by atoms with Gasteiger partial charge in [0.2, 0.25) is 0 Å². The molecule has 0 spiro atoms. The molecule has 1 saturated heterocycles. The molecule has 1 atom stereocenters. The average molecular weight is 302 g/mol. The smallest absolute Gasteiger partial charge is 0.163 e. The van der Waals surface area contributed by atoms with Crippen molar-refractivity contribution in [1.82, 2.24) is 24.4 Å². The summed E-state index contributed by atoms with van der Waals surface area (Å²) in [6, 6.07) is 1.84. The van der Waals surface area contributed by atoms with Crippen LogP contribution in [0.1, 0.15) is 25.5 Å². The lowest BCUT2D eigenvalue weighted by Gasteiger charge is -2.23. The summed E-state index contributed by atoms with van der Waals surface area (Å²) >= 11 is 1.30. The van der Waals surface area contributed by atoms with Crippen molar-refractivity contribution in [2.45, 2.75) is 25.5 Å². The molecule has 1 aliphatic rings. The molecule has 0 saturated carbocycles. The van der Waals surface area contributed by atoms with Crippen LogP contribution in [0.5, 0.6) is 0 Å². The van der Waals surface area contributed by atoms with Gasteiger partial charge in [-0.25, -0.2) is 9.67 Å². The highest BCUT2D eigenvalue weighted by Gasteiger charge is 2.20. The Labute approximate surface area is 124 Å². The van der Waals surface area contributed by atoms with Crippen molar-refractivity contribution >= 4 is 28.3 Å². The summed E-state index contributed by atoms with van der Waals surface area (Å²) in [6.07, 6.45) is 6.58. The number of nitrogen functional groups attached to an aromatic ring is 1. The van der Waals surface area contributed by atoms with Gasteiger partial charge in [0.1, 0.15) is 0 Å². The minimum atomic E-state index is -0.0574. The Morgan fingerprint density at radius 1 is 1.33 bits per heavy atom. The third kappa shape index (κ3) is 2.16. The Balaban J connectivity index is 1.85. The van der Waals surface area contributed by atoms with E-state index in [1.54, 1.807) is 12.4 Å². The van der Waals surface area contributed by atoms with Crippen molar-refractivity contribution < 1.29 is 4.74 Å². The minimum Gasteiger partial charge on any atom is -0.398 e. The predicted molar refractivity (Wildman–Crippen MR) is 79.7 cm³/mol. The van der Waals surface area contributed by atoms with E-state index in [1.165, 1.54) is 11.5 Å². The second-order valence-corrected chi connectivity index (χ2v) is 5.81. The summed E-state index contributed by atoms with van der Waals surface area (Å²) in [6.45, 7) is 0.764. The molecule has 8 heteroatoms. The molecule has 0 amide bonds. The molecule has 3 aromatic heterocycles. The zero-order valence-electron chi connectivity index (χ0n) is 11.3. The lowest BCUT2D eigenvalue weighted by atomic mass is 10.2. The zero-order chi connectivity index (χ0) is 14.2. The molecule has 0 aromatic carbocycles. The van der Waals surface area contributed by atoms with Crippen LogP contribution in [0.3, 0.4) is 0 Å². The molecule has 4 heterocycles. The second kappa shape index (κ2) is 5.05. The SMILES string of the molecule is Nc1cc(-c2cnns2)nc2c1cnn2C1CCCCO1. The third-order valence-electron chi connectivity index (χ3n) is 3.64. The predicted octanol–water partition coefficient (Wildman–Crippen LogP) is 2.23. The highest BCUT2D eigenvalue weighted by molar-refractivity contribution is 7.09. The maximum atomic E-state index is 6.14. The van der Waals surface area contributed by atoms with Gasteiger partial charge in [-0.3, -0.25) is 0 Å². The van der Waals surface area contributed by atoms with E-state index in [2.05, 4.69) is 19.7 Å². The van der Waals surface area contributed by atoms with Gasteiger partial charge in [-0.15, -0.1) is 5.10 Å². The Morgan fingerprint density at radius 3 is 3.05 bits per heavy atom. The van der Waals surface area contributed by atoms with Crippen molar-refractivity contribution in [1.29, 1.82) is 0 Å². The van der Waals surface area contributed by atoms with Crippen LogP contribution >= 0.6 is 11.5 Å². The number of rotatable bonds is 2. The number of ether oxygens (including phenoxy) is 1. The van der Waals surface area contributed by atoms with E-state index >= 15 is 0 Å². The van der Waals surface area contributed by atoms with Gasteiger partial charge in [0.15, 0.2) is 11.9 Å². The van der Waals surface area contributed by atoms with Crippen molar-refractivity contribution in [2.75, 3.05) is 12.3 Å². The van der Waals surface area contributed by atoms with E-state index in [0.717, 1.165) is 47.5 Å². The lowest BCUT2D eigenvalue weighted by Crippen LogP contribution is -2.19. The quantitative estimate of drug-likeness (QED) is 0.780. The first-order valence-electron chi connectivity index (χ1n) is 6.86. The Morgan fingerprint density at radius 2 is 2.29 bits per heavy atom. The second-order valence-electron chi connectivity index (χ2n) is 5.03. The lowest BCUT2D eigenvalue weighted by molar-refractivity contribution is -0.0370. The van der Waals surface area contributed by atoms with Gasteiger partial charge in [0, 0.05) is 12.3 Å². The largest absolute Gasteiger partial charge is 0.398 e. The minimum absolute atomic E-state index is 0.0574. The molecule has 1 fully saturated rings. The molecule has 21 heavy (non-hydrogen) atoms. The molecule has 0 radical (unpaired) electrons. The van der Waals surface area contributed by atoms with Crippen molar-refractivity contribution in [2.24, 2.45) is 0 Å². The van der Waals surface area contributed by atoms with Gasteiger partial charge in [0.25, 0.3) is 0 Å². The van der Waals surface area contributed by atoms with E-state index in [4.69, 9.17) is 10.5 Å². The molecule has 1 unspecified atom stereocenters. The molecule has 2 N–H and O–H groups in total. The number of hydrogen-bond acceptors (Lipinski definition) is 7. The van der Waals surface area contributed by atoms with Gasteiger partial charge in [-0.2, -0.15) is 5.10 Å². The fourth-order valence-electron chi connectivity index (χ4n) is 2.58. The van der Waals surface area contributed by atoms with Crippen LogP contribution in [0.4, 0.5) is 5.69 Å². The number of nitrogens with zero attached hydrogens (tertiary/aromatic N) is 5. The van der Waals surface area contributed by atoms with Crippen molar-refractivity contribution in [3.63, 3.8) is 0 Å². The van der Waals surface area contributed by atoms with E-state index in [9.17, 15) is 0 Å². The number of aromatic nitrogens is 5. The first-order chi connectivity index (χ1) is 10.3. The van der Waals surface area contributed by atoms with Gasteiger partial charge < -0.3 is 10.5 Å². The summed E-state index contributed by atoms with van der Waals surface area (Å²) < 4.78 is 11.5. The molecule has 4 rings (SSSR count). The first-order valence-corrected chi connectivity index (χ1v) is 7.63. The van der Waals surface area contributed by atoms with Gasteiger partial charge >= 0.3 is 0 Å². The Kier molecular flexibility index (Phi) is 3.04. The molecule has 3 aromatic rings. The summed E-state index contributed by atoms with van der Waals surface area (Å²) in [5.41, 5.74) is 8.32. The van der Waals surface area contributed by atoms with Crippen LogP contribution in [-0.4, -0.2) is 31.0 Å². The number of nitrogens with two attached hydrogens (primary N) is 1. The normalized spacial score (nSPS) is 19.1. The standard InChI is InChI=1S/C13H14N6OS/c14-9-5-10(11-7-15-18-21-11)17-13-8(9)6-16-19(13)12-3-1-2-4-20-12/h5-7,12H,1-4H2,(H2,14,17). The van der Waals surface area contributed by atoms with Gasteiger partial charge in [0.05, 0.1) is 28.4 Å². The van der Waals surface area contributed by atoms with Crippen LogP contribution < -0.4 is 5.73 Å². The van der Waals surface area contributed by atoms with E-state index in [1.807, 2.05) is 10.7 Å². The molecule has 0 bridgehead atoms. The molecule has 108 valence electrons. The molecule has 7 nitrogen and oxygen atoms in total. The summed E-state index contributed by atoms with van der Waals surface area (Å²) in [7, 11) is 0. The molecular weight excluding hydrogens is 288 g/mol. The first kappa shape index (κ1) is 12.7. The third-order valence-corrected chi connectivity index (χ3v) is 4.33. The monoisotopic (exact) mass is 302 g/mol.